The lowest BCUT2D eigenvalue weighted by atomic mass is 10.2. The molecule has 1 fully saturated rings. The van der Waals surface area contributed by atoms with Crippen LogP contribution in [0.2, 0.25) is 5.02 Å². The Morgan fingerprint density at radius 3 is 2.56 bits per heavy atom. The molecule has 3 rings (SSSR count). The van der Waals surface area contributed by atoms with Gasteiger partial charge in [0, 0.05) is 49.2 Å². The summed E-state index contributed by atoms with van der Waals surface area (Å²) in [5.41, 5.74) is 1.06. The number of nitrogens with one attached hydrogen (secondary N) is 1. The summed E-state index contributed by atoms with van der Waals surface area (Å²) in [5, 5.41) is 5.86. The van der Waals surface area contributed by atoms with Gasteiger partial charge in [-0.25, -0.2) is 0 Å². The molecule has 1 atom stereocenters. The number of hydrogen-bond donors (Lipinski definition) is 1. The first-order valence-corrected chi connectivity index (χ1v) is 9.88. The molecule has 1 aliphatic heterocycles. The van der Waals surface area contributed by atoms with Gasteiger partial charge >= 0.3 is 0 Å². The van der Waals surface area contributed by atoms with Crippen LogP contribution in [-0.4, -0.2) is 47.9 Å². The molecule has 1 aromatic carbocycles. The van der Waals surface area contributed by atoms with Gasteiger partial charge in [-0.1, -0.05) is 29.8 Å². The van der Waals surface area contributed by atoms with Crippen LogP contribution in [-0.2, 0) is 17.9 Å². The smallest absolute Gasteiger partial charge is 0.237 e. The summed E-state index contributed by atoms with van der Waals surface area (Å²) in [4.78, 5) is 18.6. The van der Waals surface area contributed by atoms with Crippen LogP contribution in [0.4, 0.5) is 0 Å². The fourth-order valence-electron chi connectivity index (χ4n) is 3.04. The van der Waals surface area contributed by atoms with Crippen molar-refractivity contribution >= 4 is 28.8 Å². The minimum Gasteiger partial charge on any atom is -0.351 e. The Bertz CT molecular complexity index is 666. The molecule has 1 aliphatic rings. The van der Waals surface area contributed by atoms with Gasteiger partial charge in [0.05, 0.1) is 6.04 Å². The molecular weight excluding hydrogens is 354 g/mol. The van der Waals surface area contributed by atoms with Crippen LogP contribution in [0.5, 0.6) is 0 Å². The Morgan fingerprint density at radius 2 is 1.92 bits per heavy atom. The second-order valence-corrected chi connectivity index (χ2v) is 7.88. The Balaban J connectivity index is 1.42. The molecule has 4 nitrogen and oxygen atoms in total. The Morgan fingerprint density at radius 1 is 1.20 bits per heavy atom. The van der Waals surface area contributed by atoms with E-state index < -0.39 is 0 Å². The van der Waals surface area contributed by atoms with Gasteiger partial charge in [0.25, 0.3) is 0 Å². The van der Waals surface area contributed by atoms with Crippen LogP contribution in [0.15, 0.2) is 41.8 Å². The zero-order chi connectivity index (χ0) is 17.6. The van der Waals surface area contributed by atoms with E-state index in [0.717, 1.165) is 38.3 Å². The molecule has 0 saturated carbocycles. The average molecular weight is 378 g/mol. The lowest BCUT2D eigenvalue weighted by Crippen LogP contribution is -2.53. The van der Waals surface area contributed by atoms with Gasteiger partial charge in [-0.15, -0.1) is 11.3 Å². The molecule has 0 aliphatic carbocycles. The van der Waals surface area contributed by atoms with Gasteiger partial charge in [0.2, 0.25) is 5.91 Å². The maximum atomic E-state index is 12.4. The maximum Gasteiger partial charge on any atom is 0.237 e. The molecule has 2 aromatic rings. The Hall–Kier alpha value is -1.40. The zero-order valence-corrected chi connectivity index (χ0v) is 16.0. The van der Waals surface area contributed by atoms with E-state index >= 15 is 0 Å². The second kappa shape index (κ2) is 8.81. The summed E-state index contributed by atoms with van der Waals surface area (Å²) >= 11 is 7.69. The van der Waals surface area contributed by atoms with Crippen molar-refractivity contribution in [2.75, 3.05) is 26.2 Å². The van der Waals surface area contributed by atoms with Crippen LogP contribution < -0.4 is 5.32 Å². The highest BCUT2D eigenvalue weighted by Gasteiger charge is 2.25. The molecule has 0 radical (unpaired) electrons. The number of amides is 1. The van der Waals surface area contributed by atoms with E-state index in [4.69, 9.17) is 11.6 Å². The Kier molecular flexibility index (Phi) is 6.48. The zero-order valence-electron chi connectivity index (χ0n) is 14.5. The topological polar surface area (TPSA) is 35.6 Å². The first-order valence-electron chi connectivity index (χ1n) is 8.63. The number of benzene rings is 1. The molecular formula is C19H24ClN3OS. The van der Waals surface area contributed by atoms with E-state index in [0.29, 0.717) is 11.6 Å². The van der Waals surface area contributed by atoms with Crippen molar-refractivity contribution in [1.82, 2.24) is 15.1 Å². The minimum absolute atomic E-state index is 0.0849. The third-order valence-corrected chi connectivity index (χ3v) is 5.79. The predicted octanol–water partition coefficient (Wildman–Crippen LogP) is 3.22. The van der Waals surface area contributed by atoms with Crippen molar-refractivity contribution in [3.8, 4) is 0 Å². The summed E-state index contributed by atoms with van der Waals surface area (Å²) < 4.78 is 0. The summed E-state index contributed by atoms with van der Waals surface area (Å²) in [7, 11) is 0. The van der Waals surface area contributed by atoms with Crippen LogP contribution in [0.3, 0.4) is 0 Å². The summed E-state index contributed by atoms with van der Waals surface area (Å²) in [6.45, 7) is 7.43. The number of hydrogen-bond acceptors (Lipinski definition) is 4. The largest absolute Gasteiger partial charge is 0.351 e. The Labute approximate surface area is 158 Å². The van der Waals surface area contributed by atoms with Crippen LogP contribution in [0.25, 0.3) is 0 Å². The van der Waals surface area contributed by atoms with E-state index in [1.165, 1.54) is 4.88 Å². The van der Waals surface area contributed by atoms with Gasteiger partial charge < -0.3 is 5.32 Å². The number of piperazine rings is 1. The number of carbonyl (C=O) groups is 1. The third kappa shape index (κ3) is 5.28. The quantitative estimate of drug-likeness (QED) is 0.839. The molecule has 1 saturated heterocycles. The number of rotatable bonds is 6. The number of thiophene rings is 1. The molecule has 1 N–H and O–H groups in total. The van der Waals surface area contributed by atoms with Gasteiger partial charge in [-0.2, -0.15) is 0 Å². The highest BCUT2D eigenvalue weighted by Crippen LogP contribution is 2.15. The summed E-state index contributed by atoms with van der Waals surface area (Å²) in [5.74, 6) is 0.0849. The third-order valence-electron chi connectivity index (χ3n) is 4.67. The van der Waals surface area contributed by atoms with Crippen molar-refractivity contribution in [3.05, 3.63) is 57.2 Å². The van der Waals surface area contributed by atoms with Crippen molar-refractivity contribution < 1.29 is 4.79 Å². The highest BCUT2D eigenvalue weighted by molar-refractivity contribution is 7.09. The van der Waals surface area contributed by atoms with Crippen molar-refractivity contribution in [1.29, 1.82) is 0 Å². The molecule has 0 bridgehead atoms. The maximum absolute atomic E-state index is 12.4. The van der Waals surface area contributed by atoms with Crippen molar-refractivity contribution in [2.45, 2.75) is 26.1 Å². The van der Waals surface area contributed by atoms with Gasteiger partial charge in [-0.3, -0.25) is 14.6 Å². The number of carbonyl (C=O) groups excluding carboxylic acids is 1. The number of halogens is 1. The lowest BCUT2D eigenvalue weighted by Gasteiger charge is -2.37. The van der Waals surface area contributed by atoms with E-state index in [9.17, 15) is 4.79 Å². The SMILES string of the molecule is CC(C(=O)NCc1ccc(Cl)cc1)N1CCN(Cc2cccs2)CC1. The first kappa shape index (κ1) is 18.4. The van der Waals surface area contributed by atoms with Crippen LogP contribution in [0.1, 0.15) is 17.4 Å². The van der Waals surface area contributed by atoms with Crippen molar-refractivity contribution in [3.63, 3.8) is 0 Å². The van der Waals surface area contributed by atoms with Gasteiger partial charge in [-0.05, 0) is 36.1 Å². The lowest BCUT2D eigenvalue weighted by molar-refractivity contribution is -0.126. The van der Waals surface area contributed by atoms with Gasteiger partial charge in [0.1, 0.15) is 0 Å². The van der Waals surface area contributed by atoms with Crippen LogP contribution in [0, 0.1) is 0 Å². The van der Waals surface area contributed by atoms with Gasteiger partial charge in [0.15, 0.2) is 0 Å². The molecule has 1 aromatic heterocycles. The normalized spacial score (nSPS) is 17.4. The minimum atomic E-state index is -0.101. The van der Waals surface area contributed by atoms with E-state index in [2.05, 4.69) is 32.6 Å². The fourth-order valence-corrected chi connectivity index (χ4v) is 3.91. The summed E-state index contributed by atoms with van der Waals surface area (Å²) in [6.07, 6.45) is 0. The molecule has 1 unspecified atom stereocenters. The van der Waals surface area contributed by atoms with E-state index in [1.54, 1.807) is 11.3 Å². The predicted molar refractivity (Wildman–Crippen MR) is 104 cm³/mol. The monoisotopic (exact) mass is 377 g/mol. The summed E-state index contributed by atoms with van der Waals surface area (Å²) in [6, 6.07) is 11.8. The molecule has 2 heterocycles. The second-order valence-electron chi connectivity index (χ2n) is 6.41. The molecule has 0 spiro atoms. The highest BCUT2D eigenvalue weighted by atomic mass is 35.5. The molecule has 25 heavy (non-hydrogen) atoms. The fraction of sp³-hybridized carbons (Fsp3) is 0.421. The molecule has 6 heteroatoms. The standard InChI is InChI=1S/C19H24ClN3OS/c1-15(19(24)21-13-16-4-6-17(20)7-5-16)23-10-8-22(9-11-23)14-18-3-2-12-25-18/h2-7,12,15H,8-11,13-14H2,1H3,(H,21,24). The average Bonchev–Trinajstić information content (AvgIpc) is 3.14. The first-order chi connectivity index (χ1) is 12.1. The van der Waals surface area contributed by atoms with Crippen LogP contribution >= 0.6 is 22.9 Å². The van der Waals surface area contributed by atoms with E-state index in [-0.39, 0.29) is 11.9 Å². The number of nitrogens with zero attached hydrogens (tertiary/aromatic N) is 2. The van der Waals surface area contributed by atoms with E-state index in [1.807, 2.05) is 31.2 Å². The van der Waals surface area contributed by atoms with Crippen molar-refractivity contribution in [2.24, 2.45) is 0 Å². The molecule has 1 amide bonds. The molecule has 134 valence electrons.